The first-order valence-electron chi connectivity index (χ1n) is 9.90. The molecule has 3 aliphatic rings. The number of morpholine rings is 1. The highest BCUT2D eigenvalue weighted by molar-refractivity contribution is 7.99. The second kappa shape index (κ2) is 8.60. The van der Waals surface area contributed by atoms with Gasteiger partial charge in [0.1, 0.15) is 5.82 Å². The second-order valence-electron chi connectivity index (χ2n) is 7.33. The zero-order valence-corrected chi connectivity index (χ0v) is 16.5. The fourth-order valence-corrected chi connectivity index (χ4v) is 4.91. The lowest BCUT2D eigenvalue weighted by molar-refractivity contribution is -0.133. The number of ether oxygens (including phenoxy) is 1. The monoisotopic (exact) mass is 393 g/mol. The molecule has 0 aliphatic carbocycles. The van der Waals surface area contributed by atoms with Crippen LogP contribution in [0.3, 0.4) is 0 Å². The minimum Gasteiger partial charge on any atom is -0.377 e. The van der Waals surface area contributed by atoms with Crippen LogP contribution in [0.5, 0.6) is 0 Å². The van der Waals surface area contributed by atoms with Crippen molar-refractivity contribution in [2.75, 3.05) is 44.4 Å². The number of carbonyl (C=O) groups is 2. The summed E-state index contributed by atoms with van der Waals surface area (Å²) in [7, 11) is 0. The maximum Gasteiger partial charge on any atom is 0.292 e. The van der Waals surface area contributed by atoms with Gasteiger partial charge >= 0.3 is 0 Å². The van der Waals surface area contributed by atoms with E-state index in [0.29, 0.717) is 32.0 Å². The van der Waals surface area contributed by atoms with E-state index in [4.69, 9.17) is 4.74 Å². The summed E-state index contributed by atoms with van der Waals surface area (Å²) in [6, 6.07) is -0.230. The van der Waals surface area contributed by atoms with E-state index in [0.717, 1.165) is 62.6 Å². The Morgan fingerprint density at radius 1 is 1.07 bits per heavy atom. The molecular formula is C18H27N5O3S. The third-order valence-corrected chi connectivity index (χ3v) is 6.51. The van der Waals surface area contributed by atoms with Crippen LogP contribution >= 0.6 is 11.8 Å². The van der Waals surface area contributed by atoms with Gasteiger partial charge in [0.25, 0.3) is 5.91 Å². The minimum absolute atomic E-state index is 0.115. The van der Waals surface area contributed by atoms with Gasteiger partial charge in [-0.25, -0.2) is 0 Å². The Morgan fingerprint density at radius 2 is 1.93 bits per heavy atom. The summed E-state index contributed by atoms with van der Waals surface area (Å²) in [5, 5.41) is 8.45. The number of carbonyl (C=O) groups excluding carboxylic acids is 2. The van der Waals surface area contributed by atoms with Gasteiger partial charge in [0, 0.05) is 50.5 Å². The molecule has 4 rings (SSSR count). The molecule has 0 bridgehead atoms. The van der Waals surface area contributed by atoms with Crippen LogP contribution in [0, 0.1) is 0 Å². The molecule has 0 radical (unpaired) electrons. The molecule has 1 aromatic rings. The van der Waals surface area contributed by atoms with Crippen LogP contribution in [-0.4, -0.2) is 86.8 Å². The van der Waals surface area contributed by atoms with E-state index in [-0.39, 0.29) is 17.9 Å². The molecule has 3 aliphatic heterocycles. The molecule has 148 valence electrons. The van der Waals surface area contributed by atoms with Crippen molar-refractivity contribution in [3.8, 4) is 0 Å². The third kappa shape index (κ3) is 4.13. The van der Waals surface area contributed by atoms with Crippen molar-refractivity contribution in [2.45, 2.75) is 44.7 Å². The summed E-state index contributed by atoms with van der Waals surface area (Å²) >= 11 is 1.88. The predicted molar refractivity (Wildman–Crippen MR) is 102 cm³/mol. The van der Waals surface area contributed by atoms with E-state index in [9.17, 15) is 9.59 Å². The molecule has 2 amide bonds. The van der Waals surface area contributed by atoms with E-state index in [1.807, 2.05) is 21.2 Å². The van der Waals surface area contributed by atoms with Gasteiger partial charge in [0.05, 0.1) is 19.3 Å². The van der Waals surface area contributed by atoms with Crippen molar-refractivity contribution in [2.24, 2.45) is 0 Å². The van der Waals surface area contributed by atoms with Crippen molar-refractivity contribution in [1.82, 2.24) is 24.6 Å². The number of hydrogen-bond donors (Lipinski definition) is 0. The van der Waals surface area contributed by atoms with E-state index in [1.165, 1.54) is 0 Å². The Hall–Kier alpha value is -1.61. The van der Waals surface area contributed by atoms with Crippen molar-refractivity contribution in [1.29, 1.82) is 0 Å². The lowest BCUT2D eigenvalue weighted by atomic mass is 10.1. The SMILES string of the molecule is O=C(CC1COCCN1C(=O)c1nnc2n1CCCCC2)N1CCSCC1. The van der Waals surface area contributed by atoms with Crippen molar-refractivity contribution in [3.63, 3.8) is 0 Å². The molecule has 27 heavy (non-hydrogen) atoms. The molecule has 2 saturated heterocycles. The largest absolute Gasteiger partial charge is 0.377 e. The normalized spacial score (nSPS) is 23.6. The van der Waals surface area contributed by atoms with Gasteiger partial charge < -0.3 is 19.1 Å². The number of amides is 2. The Morgan fingerprint density at radius 3 is 2.78 bits per heavy atom. The van der Waals surface area contributed by atoms with Gasteiger partial charge in [0.15, 0.2) is 0 Å². The fraction of sp³-hybridized carbons (Fsp3) is 0.778. The van der Waals surface area contributed by atoms with E-state index in [1.54, 1.807) is 4.90 Å². The standard InChI is InChI=1S/C18H27N5O3S/c24-16(21-7-10-27-11-8-21)12-14-13-26-9-6-22(14)18(25)17-20-19-15-4-2-1-3-5-23(15)17/h14H,1-13H2. The Labute approximate surface area is 163 Å². The predicted octanol–water partition coefficient (Wildman–Crippen LogP) is 0.811. The van der Waals surface area contributed by atoms with Crippen molar-refractivity contribution in [3.05, 3.63) is 11.6 Å². The third-order valence-electron chi connectivity index (χ3n) is 5.56. The summed E-state index contributed by atoms with van der Waals surface area (Å²) in [5.74, 6) is 3.29. The number of thioether (sulfide) groups is 1. The number of aromatic nitrogens is 3. The molecule has 1 atom stereocenters. The molecule has 9 heteroatoms. The first-order valence-corrected chi connectivity index (χ1v) is 11.1. The smallest absolute Gasteiger partial charge is 0.292 e. The topological polar surface area (TPSA) is 80.6 Å². The van der Waals surface area contributed by atoms with Crippen LogP contribution in [0.4, 0.5) is 0 Å². The lowest BCUT2D eigenvalue weighted by Crippen LogP contribution is -2.52. The number of hydrogen-bond acceptors (Lipinski definition) is 6. The number of nitrogens with zero attached hydrogens (tertiary/aromatic N) is 5. The highest BCUT2D eigenvalue weighted by atomic mass is 32.2. The van der Waals surface area contributed by atoms with Gasteiger partial charge in [-0.2, -0.15) is 11.8 Å². The van der Waals surface area contributed by atoms with E-state index in [2.05, 4.69) is 10.2 Å². The van der Waals surface area contributed by atoms with Gasteiger partial charge in [-0.05, 0) is 12.8 Å². The number of aryl methyl sites for hydroxylation is 1. The van der Waals surface area contributed by atoms with Crippen LogP contribution in [0.15, 0.2) is 0 Å². The average molecular weight is 394 g/mol. The maximum atomic E-state index is 13.2. The van der Waals surface area contributed by atoms with Gasteiger partial charge in [-0.15, -0.1) is 10.2 Å². The molecule has 0 spiro atoms. The summed E-state index contributed by atoms with van der Waals surface area (Å²) in [4.78, 5) is 29.6. The minimum atomic E-state index is -0.230. The molecule has 1 aromatic heterocycles. The van der Waals surface area contributed by atoms with Gasteiger partial charge in [-0.3, -0.25) is 9.59 Å². The summed E-state index contributed by atoms with van der Waals surface area (Å²) in [6.45, 7) is 3.78. The van der Waals surface area contributed by atoms with E-state index >= 15 is 0 Å². The summed E-state index contributed by atoms with van der Waals surface area (Å²) < 4.78 is 7.57. The van der Waals surface area contributed by atoms with Crippen LogP contribution in [0.25, 0.3) is 0 Å². The Bertz CT molecular complexity index is 689. The highest BCUT2D eigenvalue weighted by Crippen LogP contribution is 2.20. The summed E-state index contributed by atoms with van der Waals surface area (Å²) in [5.41, 5.74) is 0. The zero-order valence-electron chi connectivity index (χ0n) is 15.6. The van der Waals surface area contributed by atoms with Crippen molar-refractivity contribution >= 4 is 23.6 Å². The van der Waals surface area contributed by atoms with Crippen LogP contribution in [-0.2, 0) is 22.5 Å². The molecule has 4 heterocycles. The number of fused-ring (bicyclic) bond motifs is 1. The molecule has 0 saturated carbocycles. The van der Waals surface area contributed by atoms with Crippen LogP contribution < -0.4 is 0 Å². The quantitative estimate of drug-likeness (QED) is 0.756. The summed E-state index contributed by atoms with van der Waals surface area (Å²) in [6.07, 6.45) is 4.48. The molecule has 2 fully saturated rings. The van der Waals surface area contributed by atoms with Crippen molar-refractivity contribution < 1.29 is 14.3 Å². The lowest BCUT2D eigenvalue weighted by Gasteiger charge is -2.36. The molecular weight excluding hydrogens is 366 g/mol. The van der Waals surface area contributed by atoms with Gasteiger partial charge in [0.2, 0.25) is 11.7 Å². The first kappa shape index (κ1) is 18.7. The molecule has 0 N–H and O–H groups in total. The van der Waals surface area contributed by atoms with E-state index < -0.39 is 0 Å². The maximum absolute atomic E-state index is 13.2. The first-order chi connectivity index (χ1) is 13.2. The van der Waals surface area contributed by atoms with Crippen LogP contribution in [0.2, 0.25) is 0 Å². The molecule has 8 nitrogen and oxygen atoms in total. The zero-order chi connectivity index (χ0) is 18.6. The van der Waals surface area contributed by atoms with Crippen LogP contribution in [0.1, 0.15) is 42.1 Å². The molecule has 0 aromatic carbocycles. The number of rotatable bonds is 3. The average Bonchev–Trinajstić information content (AvgIpc) is 2.96. The fourth-order valence-electron chi connectivity index (χ4n) is 4.01. The van der Waals surface area contributed by atoms with Gasteiger partial charge in [-0.1, -0.05) is 6.42 Å². The molecule has 1 unspecified atom stereocenters. The Balaban J connectivity index is 1.48. The second-order valence-corrected chi connectivity index (χ2v) is 8.55. The highest BCUT2D eigenvalue weighted by Gasteiger charge is 2.34. The Kier molecular flexibility index (Phi) is 5.97.